The highest BCUT2D eigenvalue weighted by atomic mass is 32.1. The summed E-state index contributed by atoms with van der Waals surface area (Å²) in [6.45, 7) is 1.33. The molecule has 2 amide bonds. The first-order chi connectivity index (χ1) is 17.2. The van der Waals surface area contributed by atoms with Gasteiger partial charge in [0.2, 0.25) is 0 Å². The number of nitrogens with zero attached hydrogens (tertiary/aromatic N) is 1. The Labute approximate surface area is 206 Å². The summed E-state index contributed by atoms with van der Waals surface area (Å²) in [5.74, 6) is 0. The molecule has 1 aliphatic rings. The molecule has 0 aliphatic carbocycles. The van der Waals surface area contributed by atoms with Crippen LogP contribution in [-0.2, 0) is 13.0 Å². The number of hydrogen-bond acceptors (Lipinski definition) is 2. The van der Waals surface area contributed by atoms with Crippen LogP contribution in [-0.4, -0.2) is 22.5 Å². The molecule has 4 aromatic carbocycles. The minimum atomic E-state index is -0.0560. The van der Waals surface area contributed by atoms with E-state index in [1.807, 2.05) is 46.7 Å². The molecule has 7 rings (SSSR count). The van der Waals surface area contributed by atoms with Crippen LogP contribution in [0.5, 0.6) is 0 Å². The molecule has 0 saturated heterocycles. The molecule has 5 heteroatoms. The van der Waals surface area contributed by atoms with Gasteiger partial charge < -0.3 is 15.2 Å². The van der Waals surface area contributed by atoms with Crippen LogP contribution in [0.1, 0.15) is 11.1 Å². The molecule has 3 heterocycles. The molecule has 1 aliphatic heterocycles. The highest BCUT2D eigenvalue weighted by Gasteiger charge is 2.22. The van der Waals surface area contributed by atoms with Crippen molar-refractivity contribution in [3.05, 3.63) is 102 Å². The number of urea groups is 1. The van der Waals surface area contributed by atoms with E-state index in [1.165, 1.54) is 42.4 Å². The van der Waals surface area contributed by atoms with Gasteiger partial charge in [0.05, 0.1) is 5.69 Å². The van der Waals surface area contributed by atoms with Crippen molar-refractivity contribution in [3.63, 3.8) is 0 Å². The third-order valence-electron chi connectivity index (χ3n) is 7.05. The summed E-state index contributed by atoms with van der Waals surface area (Å²) in [5, 5.41) is 6.76. The van der Waals surface area contributed by atoms with E-state index in [0.29, 0.717) is 13.1 Å². The fourth-order valence-corrected chi connectivity index (χ4v) is 6.48. The van der Waals surface area contributed by atoms with Crippen molar-refractivity contribution in [1.82, 2.24) is 9.88 Å². The summed E-state index contributed by atoms with van der Waals surface area (Å²) in [4.78, 5) is 18.2. The number of rotatable bonds is 2. The fraction of sp³-hybridized carbons (Fsp3) is 0.100. The number of thiophene rings is 1. The van der Waals surface area contributed by atoms with Crippen molar-refractivity contribution < 1.29 is 4.79 Å². The Bertz CT molecular complexity index is 1750. The predicted octanol–water partition coefficient (Wildman–Crippen LogP) is 7.79. The molecule has 35 heavy (non-hydrogen) atoms. The Hall–Kier alpha value is -4.09. The Morgan fingerprint density at radius 3 is 2.63 bits per heavy atom. The zero-order valence-corrected chi connectivity index (χ0v) is 19.9. The van der Waals surface area contributed by atoms with Crippen molar-refractivity contribution in [2.75, 3.05) is 11.9 Å². The van der Waals surface area contributed by atoms with Gasteiger partial charge in [-0.25, -0.2) is 4.79 Å². The highest BCUT2D eigenvalue weighted by molar-refractivity contribution is 7.26. The minimum absolute atomic E-state index is 0.0560. The average molecular weight is 474 g/mol. The maximum atomic E-state index is 13.0. The van der Waals surface area contributed by atoms with E-state index in [9.17, 15) is 4.79 Å². The van der Waals surface area contributed by atoms with Crippen LogP contribution in [0.25, 0.3) is 42.2 Å². The van der Waals surface area contributed by atoms with Crippen molar-refractivity contribution in [1.29, 1.82) is 0 Å². The molecule has 2 aromatic heterocycles. The molecule has 0 fully saturated rings. The quantitative estimate of drug-likeness (QED) is 0.265. The predicted molar refractivity (Wildman–Crippen MR) is 146 cm³/mol. The summed E-state index contributed by atoms with van der Waals surface area (Å²) in [7, 11) is 0. The number of fused-ring (bicyclic) bond motifs is 5. The summed E-state index contributed by atoms with van der Waals surface area (Å²) in [5.41, 5.74) is 6.93. The topological polar surface area (TPSA) is 48.1 Å². The van der Waals surface area contributed by atoms with E-state index in [1.54, 1.807) is 0 Å². The van der Waals surface area contributed by atoms with Crippen LogP contribution in [0.4, 0.5) is 10.5 Å². The molecule has 170 valence electrons. The maximum Gasteiger partial charge on any atom is 0.322 e. The number of anilines is 1. The van der Waals surface area contributed by atoms with E-state index in [0.717, 1.165) is 23.0 Å². The standard InChI is InChI=1S/C30H23N3OS/c34-30(32-27-17-31-26-10-3-1-7-25(26)27)33-15-14-19-16-20(12-13-21(19)18-33)22-8-5-9-24-23-6-2-4-11-28(23)35-29(22)24/h1-13,16-17,31H,14-15,18H2,(H,32,34). The Balaban J connectivity index is 1.16. The van der Waals surface area contributed by atoms with E-state index in [-0.39, 0.29) is 6.03 Å². The van der Waals surface area contributed by atoms with Crippen LogP contribution in [0, 0.1) is 0 Å². The first-order valence-electron chi connectivity index (χ1n) is 11.9. The number of benzene rings is 4. The van der Waals surface area contributed by atoms with Crippen molar-refractivity contribution >= 4 is 54.1 Å². The molecule has 4 nitrogen and oxygen atoms in total. The average Bonchev–Trinajstić information content (AvgIpc) is 3.49. The van der Waals surface area contributed by atoms with Crippen molar-refractivity contribution in [2.24, 2.45) is 0 Å². The lowest BCUT2D eigenvalue weighted by Gasteiger charge is -2.29. The van der Waals surface area contributed by atoms with E-state index in [2.05, 4.69) is 71.0 Å². The summed E-state index contributed by atoms with van der Waals surface area (Å²) < 4.78 is 2.66. The van der Waals surface area contributed by atoms with Crippen LogP contribution in [0.3, 0.4) is 0 Å². The van der Waals surface area contributed by atoms with Crippen LogP contribution in [0.2, 0.25) is 0 Å². The molecule has 2 N–H and O–H groups in total. The van der Waals surface area contributed by atoms with Gasteiger partial charge in [-0.05, 0) is 40.8 Å². The van der Waals surface area contributed by atoms with Gasteiger partial charge in [0.15, 0.2) is 0 Å². The zero-order chi connectivity index (χ0) is 23.4. The van der Waals surface area contributed by atoms with Crippen LogP contribution >= 0.6 is 11.3 Å². The van der Waals surface area contributed by atoms with Gasteiger partial charge in [0.1, 0.15) is 0 Å². The van der Waals surface area contributed by atoms with Crippen molar-refractivity contribution in [2.45, 2.75) is 13.0 Å². The van der Waals surface area contributed by atoms with Gasteiger partial charge in [0, 0.05) is 50.4 Å². The molecule has 0 unspecified atom stereocenters. The fourth-order valence-electron chi connectivity index (χ4n) is 5.24. The Morgan fingerprint density at radius 2 is 1.69 bits per heavy atom. The number of amides is 2. The third kappa shape index (κ3) is 3.39. The van der Waals surface area contributed by atoms with E-state index < -0.39 is 0 Å². The summed E-state index contributed by atoms with van der Waals surface area (Å²) in [6.07, 6.45) is 2.72. The molecule has 6 aromatic rings. The summed E-state index contributed by atoms with van der Waals surface area (Å²) in [6, 6.07) is 29.9. The Morgan fingerprint density at radius 1 is 0.857 bits per heavy atom. The number of carbonyl (C=O) groups excluding carboxylic acids is 1. The van der Waals surface area contributed by atoms with Gasteiger partial charge in [-0.3, -0.25) is 0 Å². The molecule has 0 atom stereocenters. The lowest BCUT2D eigenvalue weighted by Crippen LogP contribution is -2.38. The molecule has 0 saturated carbocycles. The second kappa shape index (κ2) is 8.00. The van der Waals surface area contributed by atoms with Gasteiger partial charge in [-0.15, -0.1) is 11.3 Å². The van der Waals surface area contributed by atoms with E-state index in [4.69, 9.17) is 0 Å². The molecular formula is C30H23N3OS. The molecule has 0 bridgehead atoms. The van der Waals surface area contributed by atoms with Crippen molar-refractivity contribution in [3.8, 4) is 11.1 Å². The second-order valence-corrected chi connectivity index (χ2v) is 10.2. The minimum Gasteiger partial charge on any atom is -0.359 e. The number of carbonyl (C=O) groups is 1. The first kappa shape index (κ1) is 20.3. The largest absolute Gasteiger partial charge is 0.359 e. The van der Waals surface area contributed by atoms with Gasteiger partial charge in [-0.2, -0.15) is 0 Å². The third-order valence-corrected chi connectivity index (χ3v) is 8.27. The lowest BCUT2D eigenvalue weighted by atomic mass is 9.94. The first-order valence-corrected chi connectivity index (χ1v) is 12.7. The molecule has 0 radical (unpaired) electrons. The number of para-hydroxylation sites is 1. The maximum absolute atomic E-state index is 13.0. The van der Waals surface area contributed by atoms with Gasteiger partial charge >= 0.3 is 6.03 Å². The van der Waals surface area contributed by atoms with E-state index >= 15 is 0 Å². The van der Waals surface area contributed by atoms with Gasteiger partial charge in [-0.1, -0.05) is 72.8 Å². The summed E-state index contributed by atoms with van der Waals surface area (Å²) >= 11 is 1.86. The number of hydrogen-bond donors (Lipinski definition) is 2. The van der Waals surface area contributed by atoms with Gasteiger partial charge in [0.25, 0.3) is 0 Å². The Kier molecular flexibility index (Phi) is 4.64. The number of H-pyrrole nitrogens is 1. The van der Waals surface area contributed by atoms with Crippen LogP contribution in [0.15, 0.2) is 91.1 Å². The normalized spacial score (nSPS) is 13.4. The zero-order valence-electron chi connectivity index (χ0n) is 19.0. The number of aromatic amines is 1. The lowest BCUT2D eigenvalue weighted by molar-refractivity contribution is 0.206. The number of aromatic nitrogens is 1. The molecule has 0 spiro atoms. The molecular weight excluding hydrogens is 450 g/mol. The second-order valence-electron chi connectivity index (χ2n) is 9.11. The highest BCUT2D eigenvalue weighted by Crippen LogP contribution is 2.40. The smallest absolute Gasteiger partial charge is 0.322 e. The monoisotopic (exact) mass is 473 g/mol. The van der Waals surface area contributed by atoms with Crippen LogP contribution < -0.4 is 5.32 Å². The SMILES string of the molecule is O=C(Nc1c[nH]c2ccccc12)N1CCc2cc(-c3cccc4c3sc3ccccc34)ccc2C1. The number of nitrogens with one attached hydrogen (secondary N) is 2.